The third-order valence-corrected chi connectivity index (χ3v) is 5.21. The molecule has 2 aromatic rings. The molecule has 3 heterocycles. The highest BCUT2D eigenvalue weighted by Crippen LogP contribution is 2.35. The molecule has 140 valence electrons. The Hall–Kier alpha value is -2.73. The number of nitrogens with one attached hydrogen (secondary N) is 2. The van der Waals surface area contributed by atoms with Gasteiger partial charge in [-0.05, 0) is 36.2 Å². The SMILES string of the molecule is CN1CCOc2cc(C(=C[C@H]3CCC(=O)N3)c3ccc(Cl)c(=O)[nH]3)ccc21. The molecule has 1 atom stereocenters. The van der Waals surface area contributed by atoms with Crippen LogP contribution in [0.25, 0.3) is 5.57 Å². The number of benzene rings is 1. The van der Waals surface area contributed by atoms with E-state index < -0.39 is 0 Å². The van der Waals surface area contributed by atoms with E-state index in [0.717, 1.165) is 35.5 Å². The minimum atomic E-state index is -0.343. The lowest BCUT2D eigenvalue weighted by molar-refractivity contribution is -0.119. The molecule has 0 unspecified atom stereocenters. The number of carbonyl (C=O) groups is 1. The quantitative estimate of drug-likeness (QED) is 0.851. The second kappa shape index (κ2) is 7.12. The zero-order chi connectivity index (χ0) is 19.0. The number of ether oxygens (including phenoxy) is 1. The van der Waals surface area contributed by atoms with Crippen LogP contribution >= 0.6 is 11.6 Å². The van der Waals surface area contributed by atoms with Crippen molar-refractivity contribution in [2.75, 3.05) is 25.1 Å². The maximum Gasteiger partial charge on any atom is 0.267 e. The second-order valence-electron chi connectivity index (χ2n) is 6.79. The van der Waals surface area contributed by atoms with Gasteiger partial charge in [0, 0.05) is 30.8 Å². The van der Waals surface area contributed by atoms with Crippen molar-refractivity contribution in [3.05, 3.63) is 63.0 Å². The monoisotopic (exact) mass is 385 g/mol. The molecular weight excluding hydrogens is 366 g/mol. The number of hydrogen-bond donors (Lipinski definition) is 2. The van der Waals surface area contributed by atoms with E-state index >= 15 is 0 Å². The number of fused-ring (bicyclic) bond motifs is 1. The van der Waals surface area contributed by atoms with Gasteiger partial charge in [0.05, 0.1) is 12.2 Å². The van der Waals surface area contributed by atoms with Gasteiger partial charge in [-0.1, -0.05) is 23.7 Å². The van der Waals surface area contributed by atoms with Crippen LogP contribution < -0.4 is 20.5 Å². The number of pyridine rings is 1. The molecule has 0 saturated carbocycles. The van der Waals surface area contributed by atoms with E-state index in [2.05, 4.69) is 15.2 Å². The summed E-state index contributed by atoms with van der Waals surface area (Å²) in [4.78, 5) is 28.6. The summed E-state index contributed by atoms with van der Waals surface area (Å²) in [5, 5.41) is 3.09. The molecule has 1 amide bonds. The standard InChI is InChI=1S/C20H20ClN3O3/c1-24-8-9-27-18-10-12(2-6-17(18)24)14(11-13-3-7-19(25)22-13)16-5-4-15(21)20(26)23-16/h2,4-6,10-11,13H,3,7-9H2,1H3,(H,22,25)(H,23,26)/t13-/m1/s1. The van der Waals surface area contributed by atoms with E-state index in [4.69, 9.17) is 16.3 Å². The predicted molar refractivity (Wildman–Crippen MR) is 106 cm³/mol. The van der Waals surface area contributed by atoms with Gasteiger partial charge in [0.25, 0.3) is 5.56 Å². The Labute approximate surface area is 161 Å². The lowest BCUT2D eigenvalue weighted by Gasteiger charge is -2.28. The molecule has 7 heteroatoms. The molecule has 1 aromatic carbocycles. The maximum atomic E-state index is 12.0. The van der Waals surface area contributed by atoms with Gasteiger partial charge in [-0.15, -0.1) is 0 Å². The summed E-state index contributed by atoms with van der Waals surface area (Å²) in [5.74, 6) is 0.842. The average molecular weight is 386 g/mol. The molecule has 4 rings (SSSR count). The third kappa shape index (κ3) is 3.57. The Kier molecular flexibility index (Phi) is 4.66. The van der Waals surface area contributed by atoms with Crippen LogP contribution in [-0.4, -0.2) is 37.1 Å². The summed E-state index contributed by atoms with van der Waals surface area (Å²) < 4.78 is 5.82. The summed E-state index contributed by atoms with van der Waals surface area (Å²) in [6.45, 7) is 1.47. The fraction of sp³-hybridized carbons (Fsp3) is 0.300. The second-order valence-corrected chi connectivity index (χ2v) is 7.20. The van der Waals surface area contributed by atoms with E-state index in [0.29, 0.717) is 18.7 Å². The van der Waals surface area contributed by atoms with Crippen LogP contribution in [-0.2, 0) is 4.79 Å². The van der Waals surface area contributed by atoms with Crippen LogP contribution in [0.1, 0.15) is 24.1 Å². The number of H-pyrrole nitrogens is 1. The lowest BCUT2D eigenvalue weighted by Crippen LogP contribution is -2.28. The number of likely N-dealkylation sites (N-methyl/N-ethyl adjacent to an activating group) is 1. The van der Waals surface area contributed by atoms with Crippen molar-refractivity contribution >= 4 is 28.8 Å². The van der Waals surface area contributed by atoms with E-state index in [1.165, 1.54) is 0 Å². The maximum absolute atomic E-state index is 12.0. The summed E-state index contributed by atoms with van der Waals surface area (Å²) in [7, 11) is 2.03. The van der Waals surface area contributed by atoms with E-state index in [9.17, 15) is 9.59 Å². The molecular formula is C20H20ClN3O3. The van der Waals surface area contributed by atoms with Gasteiger partial charge in [-0.2, -0.15) is 0 Å². The van der Waals surface area contributed by atoms with Crippen molar-refractivity contribution in [2.24, 2.45) is 0 Å². The van der Waals surface area contributed by atoms with Gasteiger partial charge in [0.1, 0.15) is 17.4 Å². The third-order valence-electron chi connectivity index (χ3n) is 4.91. The highest BCUT2D eigenvalue weighted by molar-refractivity contribution is 6.30. The normalized spacial score (nSPS) is 19.5. The minimum Gasteiger partial charge on any atom is -0.490 e. The van der Waals surface area contributed by atoms with E-state index in [-0.39, 0.29) is 22.5 Å². The zero-order valence-electron chi connectivity index (χ0n) is 14.9. The average Bonchev–Trinajstić information content (AvgIpc) is 3.07. The first-order chi connectivity index (χ1) is 13.0. The highest BCUT2D eigenvalue weighted by Gasteiger charge is 2.22. The predicted octanol–water partition coefficient (Wildman–Crippen LogP) is 2.57. The molecule has 0 spiro atoms. The fourth-order valence-corrected chi connectivity index (χ4v) is 3.55. The molecule has 27 heavy (non-hydrogen) atoms. The molecule has 1 fully saturated rings. The number of amides is 1. The molecule has 1 saturated heterocycles. The van der Waals surface area contributed by atoms with Gasteiger partial charge in [-0.25, -0.2) is 0 Å². The zero-order valence-corrected chi connectivity index (χ0v) is 15.7. The Balaban J connectivity index is 1.80. The molecule has 0 aliphatic carbocycles. The molecule has 2 aliphatic heterocycles. The van der Waals surface area contributed by atoms with Gasteiger partial charge >= 0.3 is 0 Å². The van der Waals surface area contributed by atoms with Crippen molar-refractivity contribution in [1.29, 1.82) is 0 Å². The van der Waals surface area contributed by atoms with Gasteiger partial charge in [0.15, 0.2) is 0 Å². The molecule has 0 radical (unpaired) electrons. The number of halogens is 1. The number of nitrogens with zero attached hydrogens (tertiary/aromatic N) is 1. The molecule has 0 bridgehead atoms. The molecule has 2 N–H and O–H groups in total. The van der Waals surface area contributed by atoms with Crippen LogP contribution in [0.3, 0.4) is 0 Å². The molecule has 6 nitrogen and oxygen atoms in total. The topological polar surface area (TPSA) is 74.4 Å². The largest absolute Gasteiger partial charge is 0.490 e. The first kappa shape index (κ1) is 17.7. The van der Waals surface area contributed by atoms with Crippen LogP contribution in [0, 0.1) is 0 Å². The number of aromatic nitrogens is 1. The summed E-state index contributed by atoms with van der Waals surface area (Å²) >= 11 is 5.89. The smallest absolute Gasteiger partial charge is 0.267 e. The van der Waals surface area contributed by atoms with Crippen LogP contribution in [0.4, 0.5) is 5.69 Å². The van der Waals surface area contributed by atoms with Crippen molar-refractivity contribution < 1.29 is 9.53 Å². The van der Waals surface area contributed by atoms with E-state index in [1.807, 2.05) is 31.3 Å². The van der Waals surface area contributed by atoms with Gasteiger partial charge in [-0.3, -0.25) is 9.59 Å². The molecule has 1 aromatic heterocycles. The summed E-state index contributed by atoms with van der Waals surface area (Å²) in [6.07, 6.45) is 3.21. The fourth-order valence-electron chi connectivity index (χ4n) is 3.44. The van der Waals surface area contributed by atoms with Crippen LogP contribution in [0.15, 0.2) is 41.2 Å². The van der Waals surface area contributed by atoms with Crippen molar-refractivity contribution in [3.63, 3.8) is 0 Å². The number of hydrogen-bond acceptors (Lipinski definition) is 4. The van der Waals surface area contributed by atoms with E-state index in [1.54, 1.807) is 12.1 Å². The Morgan fingerprint density at radius 1 is 1.30 bits per heavy atom. The number of anilines is 1. The highest BCUT2D eigenvalue weighted by atomic mass is 35.5. The first-order valence-corrected chi connectivity index (χ1v) is 9.28. The van der Waals surface area contributed by atoms with Crippen molar-refractivity contribution in [2.45, 2.75) is 18.9 Å². The number of rotatable bonds is 3. The summed E-state index contributed by atoms with van der Waals surface area (Å²) in [5.41, 5.74) is 3.07. The first-order valence-electron chi connectivity index (χ1n) is 8.90. The van der Waals surface area contributed by atoms with Crippen LogP contribution in [0.5, 0.6) is 5.75 Å². The number of carbonyl (C=O) groups excluding carboxylic acids is 1. The Morgan fingerprint density at radius 3 is 2.89 bits per heavy atom. The van der Waals surface area contributed by atoms with Crippen LogP contribution in [0.2, 0.25) is 5.02 Å². The minimum absolute atomic E-state index is 0.0376. The molecule has 2 aliphatic rings. The summed E-state index contributed by atoms with van der Waals surface area (Å²) in [6, 6.07) is 9.27. The van der Waals surface area contributed by atoms with Crippen molar-refractivity contribution in [3.8, 4) is 5.75 Å². The van der Waals surface area contributed by atoms with Gasteiger partial charge in [0.2, 0.25) is 5.91 Å². The lowest BCUT2D eigenvalue weighted by atomic mass is 9.98. The Morgan fingerprint density at radius 2 is 2.15 bits per heavy atom. The van der Waals surface area contributed by atoms with Gasteiger partial charge < -0.3 is 19.9 Å². The number of aromatic amines is 1. The van der Waals surface area contributed by atoms with Crippen molar-refractivity contribution in [1.82, 2.24) is 10.3 Å². The Bertz CT molecular complexity index is 983.